The van der Waals surface area contributed by atoms with E-state index in [0.29, 0.717) is 6.61 Å². The molecule has 0 unspecified atom stereocenters. The van der Waals surface area contributed by atoms with E-state index in [1.54, 1.807) is 12.0 Å². The molecule has 1 aromatic rings. The fraction of sp³-hybridized carbons (Fsp3) is 0.636. The second-order valence-electron chi connectivity index (χ2n) is 4.11. The van der Waals surface area contributed by atoms with Crippen molar-refractivity contribution in [3.63, 3.8) is 0 Å². The molecule has 1 aromatic heterocycles. The van der Waals surface area contributed by atoms with Gasteiger partial charge in [0.25, 0.3) is 5.56 Å². The van der Waals surface area contributed by atoms with Crippen LogP contribution in [0, 0.1) is 0 Å². The maximum absolute atomic E-state index is 12.7. The van der Waals surface area contributed by atoms with Gasteiger partial charge < -0.3 is 10.1 Å². The first kappa shape index (κ1) is 15.5. The van der Waals surface area contributed by atoms with Gasteiger partial charge in [0.1, 0.15) is 5.56 Å². The van der Waals surface area contributed by atoms with Crippen molar-refractivity contribution in [2.75, 3.05) is 18.5 Å². The number of anilines is 1. The van der Waals surface area contributed by atoms with Gasteiger partial charge in [0.05, 0.1) is 18.5 Å². The minimum absolute atomic E-state index is 0.248. The van der Waals surface area contributed by atoms with E-state index in [-0.39, 0.29) is 18.3 Å². The Labute approximate surface area is 108 Å². The van der Waals surface area contributed by atoms with Crippen molar-refractivity contribution in [3.8, 4) is 0 Å². The predicted molar refractivity (Wildman–Crippen MR) is 64.1 cm³/mol. The molecular formula is C11H16F3N3O2. The summed E-state index contributed by atoms with van der Waals surface area (Å²) in [6.07, 6.45) is -2.96. The van der Waals surface area contributed by atoms with Gasteiger partial charge in [0, 0.05) is 12.6 Å². The Hall–Kier alpha value is -1.57. The van der Waals surface area contributed by atoms with Gasteiger partial charge in [0.2, 0.25) is 0 Å². The largest absolute Gasteiger partial charge is 0.423 e. The van der Waals surface area contributed by atoms with E-state index in [0.717, 1.165) is 12.6 Å². The van der Waals surface area contributed by atoms with Crippen LogP contribution in [-0.2, 0) is 10.9 Å². The summed E-state index contributed by atoms with van der Waals surface area (Å²) in [6, 6.07) is -0.365. The highest BCUT2D eigenvalue weighted by atomic mass is 19.4. The zero-order valence-corrected chi connectivity index (χ0v) is 10.7. The molecule has 0 amide bonds. The molecule has 0 aliphatic heterocycles. The predicted octanol–water partition coefficient (Wildman–Crippen LogP) is 2.02. The molecule has 8 heteroatoms. The van der Waals surface area contributed by atoms with Crippen LogP contribution in [0.15, 0.2) is 11.0 Å². The highest BCUT2D eigenvalue weighted by Gasteiger charge is 2.37. The van der Waals surface area contributed by atoms with Crippen molar-refractivity contribution in [2.24, 2.45) is 0 Å². The lowest BCUT2D eigenvalue weighted by atomic mass is 10.2. The van der Waals surface area contributed by atoms with Crippen molar-refractivity contribution in [3.05, 3.63) is 22.1 Å². The molecule has 1 rings (SSSR count). The number of hydrogen-bond donors (Lipinski definition) is 2. The summed E-state index contributed by atoms with van der Waals surface area (Å²) >= 11 is 0. The number of ether oxygens (including phenoxy) is 1. The van der Waals surface area contributed by atoms with E-state index in [1.165, 1.54) is 0 Å². The van der Waals surface area contributed by atoms with Crippen molar-refractivity contribution in [2.45, 2.75) is 32.5 Å². The third-order valence-corrected chi connectivity index (χ3v) is 2.26. The number of nitrogens with zero attached hydrogens (tertiary/aromatic N) is 1. The molecule has 0 aliphatic rings. The normalized spacial score (nSPS) is 13.3. The first-order valence-electron chi connectivity index (χ1n) is 5.85. The third kappa shape index (κ3) is 4.55. The van der Waals surface area contributed by atoms with Crippen LogP contribution in [0.3, 0.4) is 0 Å². The van der Waals surface area contributed by atoms with Gasteiger partial charge in [-0.15, -0.1) is 0 Å². The van der Waals surface area contributed by atoms with Gasteiger partial charge >= 0.3 is 6.18 Å². The Morgan fingerprint density at radius 1 is 1.53 bits per heavy atom. The summed E-state index contributed by atoms with van der Waals surface area (Å²) in [4.78, 5) is 11.2. The van der Waals surface area contributed by atoms with E-state index in [1.807, 2.05) is 6.92 Å². The number of alkyl halides is 3. The van der Waals surface area contributed by atoms with Crippen LogP contribution in [0.1, 0.15) is 25.8 Å². The van der Waals surface area contributed by atoms with Crippen molar-refractivity contribution < 1.29 is 17.9 Å². The Bertz CT molecular complexity index is 459. The molecule has 0 saturated carbocycles. The topological polar surface area (TPSA) is 67.0 Å². The fourth-order valence-corrected chi connectivity index (χ4v) is 1.50. The second-order valence-corrected chi connectivity index (χ2v) is 4.11. The summed E-state index contributed by atoms with van der Waals surface area (Å²) in [5.41, 5.74) is -2.88. The number of hydrogen-bond acceptors (Lipinski definition) is 4. The molecule has 0 aromatic carbocycles. The van der Waals surface area contributed by atoms with Gasteiger partial charge in [-0.3, -0.25) is 4.79 Å². The zero-order valence-electron chi connectivity index (χ0n) is 10.7. The van der Waals surface area contributed by atoms with Gasteiger partial charge in [-0.05, 0) is 13.3 Å². The van der Waals surface area contributed by atoms with Crippen LogP contribution in [0.2, 0.25) is 0 Å². The summed E-state index contributed by atoms with van der Waals surface area (Å²) < 4.78 is 43.5. The van der Waals surface area contributed by atoms with Gasteiger partial charge in [0.15, 0.2) is 0 Å². The summed E-state index contributed by atoms with van der Waals surface area (Å²) in [5, 5.41) is 7.73. The standard InChI is InChI=1S/C11H16F3N3O2/c1-3-4-19-6-7(2)16-8-5-15-17-10(18)9(8)11(12,13)14/h5,7H,3-4,6H2,1-2H3,(H2,16,17,18)/t7-/m0/s1. The van der Waals surface area contributed by atoms with Crippen LogP contribution in [0.4, 0.5) is 18.9 Å². The SMILES string of the molecule is CCCOC[C@H](C)Nc1cn[nH]c(=O)c1C(F)(F)F. The molecule has 2 N–H and O–H groups in total. The fourth-order valence-electron chi connectivity index (χ4n) is 1.50. The summed E-state index contributed by atoms with van der Waals surface area (Å²) in [7, 11) is 0. The van der Waals surface area contributed by atoms with Crippen LogP contribution in [-0.4, -0.2) is 29.5 Å². The van der Waals surface area contributed by atoms with Gasteiger partial charge in [-0.1, -0.05) is 6.92 Å². The second kappa shape index (κ2) is 6.55. The highest BCUT2D eigenvalue weighted by molar-refractivity contribution is 5.50. The van der Waals surface area contributed by atoms with E-state index >= 15 is 0 Å². The average Bonchev–Trinajstić information content (AvgIpc) is 2.27. The molecule has 5 nitrogen and oxygen atoms in total. The maximum atomic E-state index is 12.7. The molecule has 0 fully saturated rings. The first-order valence-corrected chi connectivity index (χ1v) is 5.85. The van der Waals surface area contributed by atoms with Crippen molar-refractivity contribution in [1.82, 2.24) is 10.2 Å². The molecule has 0 aliphatic carbocycles. The molecule has 0 saturated heterocycles. The molecule has 1 atom stereocenters. The number of H-pyrrole nitrogens is 1. The summed E-state index contributed by atoms with van der Waals surface area (Å²) in [6.45, 7) is 4.38. The number of aromatic amines is 1. The minimum Gasteiger partial charge on any atom is -0.379 e. The van der Waals surface area contributed by atoms with Crippen molar-refractivity contribution >= 4 is 5.69 Å². The molecule has 108 valence electrons. The van der Waals surface area contributed by atoms with Gasteiger partial charge in [-0.25, -0.2) is 5.10 Å². The summed E-state index contributed by atoms with van der Waals surface area (Å²) in [5.74, 6) is 0. The van der Waals surface area contributed by atoms with Crippen LogP contribution >= 0.6 is 0 Å². The van der Waals surface area contributed by atoms with Crippen molar-refractivity contribution in [1.29, 1.82) is 0 Å². The number of halogens is 3. The lowest BCUT2D eigenvalue weighted by molar-refractivity contribution is -0.138. The highest BCUT2D eigenvalue weighted by Crippen LogP contribution is 2.31. The smallest absolute Gasteiger partial charge is 0.379 e. The van der Waals surface area contributed by atoms with Crippen LogP contribution in [0.5, 0.6) is 0 Å². The Morgan fingerprint density at radius 2 is 2.21 bits per heavy atom. The molecule has 0 bridgehead atoms. The molecular weight excluding hydrogens is 263 g/mol. The molecule has 19 heavy (non-hydrogen) atoms. The van der Waals surface area contributed by atoms with E-state index in [4.69, 9.17) is 4.74 Å². The van der Waals surface area contributed by atoms with E-state index in [2.05, 4.69) is 10.4 Å². The van der Waals surface area contributed by atoms with Gasteiger partial charge in [-0.2, -0.15) is 18.3 Å². The maximum Gasteiger partial charge on any atom is 0.423 e. The van der Waals surface area contributed by atoms with E-state index < -0.39 is 17.3 Å². The molecule has 0 spiro atoms. The molecule has 0 radical (unpaired) electrons. The Morgan fingerprint density at radius 3 is 2.79 bits per heavy atom. The number of rotatable bonds is 6. The Kier molecular flexibility index (Phi) is 5.34. The lowest BCUT2D eigenvalue weighted by Crippen LogP contribution is -2.29. The first-order chi connectivity index (χ1) is 8.86. The monoisotopic (exact) mass is 279 g/mol. The lowest BCUT2D eigenvalue weighted by Gasteiger charge is -2.18. The average molecular weight is 279 g/mol. The number of aromatic nitrogens is 2. The van der Waals surface area contributed by atoms with Crippen LogP contribution in [0.25, 0.3) is 0 Å². The zero-order chi connectivity index (χ0) is 14.5. The minimum atomic E-state index is -4.73. The molecule has 1 heterocycles. The Balaban J connectivity index is 2.84. The third-order valence-electron chi connectivity index (χ3n) is 2.26. The quantitative estimate of drug-likeness (QED) is 0.782. The number of nitrogens with one attached hydrogen (secondary N) is 2. The van der Waals surface area contributed by atoms with E-state index in [9.17, 15) is 18.0 Å². The van der Waals surface area contributed by atoms with Crippen LogP contribution < -0.4 is 10.9 Å².